The van der Waals surface area contributed by atoms with Crippen molar-refractivity contribution in [3.8, 4) is 5.88 Å². The van der Waals surface area contributed by atoms with Gasteiger partial charge in [0.1, 0.15) is 0 Å². The minimum Gasteiger partial charge on any atom is -0.492 e. The molecule has 0 saturated heterocycles. The minimum absolute atomic E-state index is 0.314. The van der Waals surface area contributed by atoms with E-state index >= 15 is 0 Å². The van der Waals surface area contributed by atoms with Crippen molar-refractivity contribution in [1.29, 1.82) is 0 Å². The Bertz CT molecular complexity index is 516. The Morgan fingerprint density at radius 1 is 1.56 bits per heavy atom. The van der Waals surface area contributed by atoms with Crippen LogP contribution >= 0.6 is 0 Å². The van der Waals surface area contributed by atoms with Crippen molar-refractivity contribution in [3.05, 3.63) is 26.7 Å². The first kappa shape index (κ1) is 10.9. The first-order valence-electron chi connectivity index (χ1n) is 5.24. The average molecular weight is 228 g/mol. The Balaban J connectivity index is 2.42. The summed E-state index contributed by atoms with van der Waals surface area (Å²) in [7, 11) is 0. The number of aromatic nitrogens is 2. The summed E-state index contributed by atoms with van der Waals surface area (Å²) in [6, 6.07) is -0.314. The van der Waals surface area contributed by atoms with E-state index in [9.17, 15) is 19.1 Å². The van der Waals surface area contributed by atoms with Crippen LogP contribution in [0.3, 0.4) is 0 Å². The van der Waals surface area contributed by atoms with Gasteiger partial charge in [-0.25, -0.2) is 4.79 Å². The zero-order valence-electron chi connectivity index (χ0n) is 8.86. The number of H-pyrrole nitrogens is 1. The Morgan fingerprint density at radius 2 is 2.19 bits per heavy atom. The third-order valence-electron chi connectivity index (χ3n) is 2.88. The van der Waals surface area contributed by atoms with Crippen LogP contribution in [0.25, 0.3) is 0 Å². The normalized spacial score (nSPS) is 17.4. The third-order valence-corrected chi connectivity index (χ3v) is 2.88. The predicted molar refractivity (Wildman–Crippen MR) is 55.0 cm³/mol. The van der Waals surface area contributed by atoms with Gasteiger partial charge in [0.05, 0.1) is 0 Å². The molecule has 6 heteroatoms. The van der Waals surface area contributed by atoms with Crippen LogP contribution in [0.5, 0.6) is 5.88 Å². The molecule has 1 saturated carbocycles. The summed E-state index contributed by atoms with van der Waals surface area (Å²) in [6.07, 6.45) is 2.91. The minimum atomic E-state index is -1.30. The molecule has 5 nitrogen and oxygen atoms in total. The molecule has 0 amide bonds. The number of rotatable bonds is 3. The number of aromatic hydroxyl groups is 1. The zero-order chi connectivity index (χ0) is 11.9. The molecule has 0 aliphatic heterocycles. The monoisotopic (exact) mass is 228 g/mol. The van der Waals surface area contributed by atoms with Crippen LogP contribution in [0.2, 0.25) is 0 Å². The molecule has 0 radical (unpaired) electrons. The number of nitrogens with one attached hydrogen (secondary N) is 1. The van der Waals surface area contributed by atoms with Crippen molar-refractivity contribution in [1.82, 2.24) is 9.55 Å². The van der Waals surface area contributed by atoms with Crippen LogP contribution < -0.4 is 11.2 Å². The summed E-state index contributed by atoms with van der Waals surface area (Å²) in [5.41, 5.74) is -1.95. The van der Waals surface area contributed by atoms with Crippen LogP contribution in [0.4, 0.5) is 4.39 Å². The van der Waals surface area contributed by atoms with Crippen LogP contribution in [0, 0.1) is 11.7 Å². The van der Waals surface area contributed by atoms with Gasteiger partial charge in [0.25, 0.3) is 5.56 Å². The molecule has 1 fully saturated rings. The van der Waals surface area contributed by atoms with E-state index in [0.717, 1.165) is 17.4 Å². The Morgan fingerprint density at radius 3 is 2.75 bits per heavy atom. The SMILES string of the molecule is CC(CC1CC1)n1c(O)c(F)c(=O)[nH]c1=O. The molecule has 1 aliphatic rings. The van der Waals surface area contributed by atoms with Gasteiger partial charge < -0.3 is 5.11 Å². The highest BCUT2D eigenvalue weighted by atomic mass is 19.1. The fraction of sp³-hybridized carbons (Fsp3) is 0.600. The third kappa shape index (κ3) is 1.87. The lowest BCUT2D eigenvalue weighted by Gasteiger charge is -2.15. The predicted octanol–water partition coefficient (Wildman–Crippen LogP) is 0.742. The summed E-state index contributed by atoms with van der Waals surface area (Å²) in [6.45, 7) is 1.72. The summed E-state index contributed by atoms with van der Waals surface area (Å²) in [5.74, 6) is -1.64. The zero-order valence-corrected chi connectivity index (χ0v) is 8.86. The van der Waals surface area contributed by atoms with Crippen LogP contribution in [-0.4, -0.2) is 14.7 Å². The van der Waals surface area contributed by atoms with Crippen molar-refractivity contribution < 1.29 is 9.50 Å². The van der Waals surface area contributed by atoms with E-state index in [1.807, 2.05) is 4.98 Å². The van der Waals surface area contributed by atoms with Gasteiger partial charge in [-0.05, 0) is 19.3 Å². The molecule has 0 bridgehead atoms. The molecular formula is C10H13FN2O3. The van der Waals surface area contributed by atoms with Gasteiger partial charge in [0.2, 0.25) is 11.7 Å². The van der Waals surface area contributed by atoms with Gasteiger partial charge in [-0.2, -0.15) is 4.39 Å². The van der Waals surface area contributed by atoms with E-state index in [1.165, 1.54) is 0 Å². The number of aromatic amines is 1. The maximum Gasteiger partial charge on any atom is 0.331 e. The van der Waals surface area contributed by atoms with E-state index in [4.69, 9.17) is 0 Å². The highest BCUT2D eigenvalue weighted by Gasteiger charge is 2.26. The molecule has 0 spiro atoms. The maximum atomic E-state index is 13.1. The first-order valence-corrected chi connectivity index (χ1v) is 5.24. The van der Waals surface area contributed by atoms with Gasteiger partial charge in [0.15, 0.2) is 0 Å². The summed E-state index contributed by atoms with van der Waals surface area (Å²) < 4.78 is 14.0. The molecule has 1 unspecified atom stereocenters. The maximum absolute atomic E-state index is 13.1. The van der Waals surface area contributed by atoms with Crippen LogP contribution in [-0.2, 0) is 0 Å². The van der Waals surface area contributed by atoms with Gasteiger partial charge in [0, 0.05) is 6.04 Å². The largest absolute Gasteiger partial charge is 0.492 e. The van der Waals surface area contributed by atoms with E-state index in [0.29, 0.717) is 12.3 Å². The molecule has 1 aliphatic carbocycles. The smallest absolute Gasteiger partial charge is 0.331 e. The molecule has 1 heterocycles. The Kier molecular flexibility index (Phi) is 2.57. The van der Waals surface area contributed by atoms with E-state index in [2.05, 4.69) is 0 Å². The summed E-state index contributed by atoms with van der Waals surface area (Å²) >= 11 is 0. The number of hydrogen-bond acceptors (Lipinski definition) is 3. The Hall–Kier alpha value is -1.59. The Labute approximate surface area is 90.5 Å². The second-order valence-electron chi connectivity index (χ2n) is 4.29. The standard InChI is InChI=1S/C10H13FN2O3/c1-5(4-6-2-3-6)13-9(15)7(11)8(14)12-10(13)16/h5-6,15H,2-4H2,1H3,(H,12,14,16). The van der Waals surface area contributed by atoms with Gasteiger partial charge in [-0.3, -0.25) is 14.3 Å². The number of halogens is 1. The van der Waals surface area contributed by atoms with E-state index in [-0.39, 0.29) is 6.04 Å². The second-order valence-corrected chi connectivity index (χ2v) is 4.29. The molecule has 1 aromatic rings. The summed E-state index contributed by atoms with van der Waals surface area (Å²) in [5, 5.41) is 9.43. The highest BCUT2D eigenvalue weighted by Crippen LogP contribution is 2.37. The average Bonchev–Trinajstić information content (AvgIpc) is 2.98. The summed E-state index contributed by atoms with van der Waals surface area (Å²) in [4.78, 5) is 24.1. The van der Waals surface area contributed by atoms with Gasteiger partial charge in [-0.15, -0.1) is 0 Å². The van der Waals surface area contributed by atoms with E-state index < -0.39 is 22.9 Å². The molecular weight excluding hydrogens is 215 g/mol. The van der Waals surface area contributed by atoms with Crippen molar-refractivity contribution in [2.75, 3.05) is 0 Å². The fourth-order valence-corrected chi connectivity index (χ4v) is 1.87. The molecule has 2 N–H and O–H groups in total. The molecule has 1 atom stereocenters. The topological polar surface area (TPSA) is 75.1 Å². The fourth-order valence-electron chi connectivity index (χ4n) is 1.87. The van der Waals surface area contributed by atoms with Crippen molar-refractivity contribution in [2.45, 2.75) is 32.2 Å². The molecule has 16 heavy (non-hydrogen) atoms. The second kappa shape index (κ2) is 3.77. The van der Waals surface area contributed by atoms with E-state index in [1.54, 1.807) is 6.92 Å². The molecule has 88 valence electrons. The van der Waals surface area contributed by atoms with Crippen molar-refractivity contribution in [2.24, 2.45) is 5.92 Å². The lowest BCUT2D eigenvalue weighted by Crippen LogP contribution is -2.33. The molecule has 2 rings (SSSR count). The number of nitrogens with zero attached hydrogens (tertiary/aromatic N) is 1. The molecule has 1 aromatic heterocycles. The quantitative estimate of drug-likeness (QED) is 0.801. The van der Waals surface area contributed by atoms with Crippen molar-refractivity contribution >= 4 is 0 Å². The lowest BCUT2D eigenvalue weighted by atomic mass is 10.1. The van der Waals surface area contributed by atoms with Gasteiger partial charge >= 0.3 is 5.69 Å². The van der Waals surface area contributed by atoms with Gasteiger partial charge in [-0.1, -0.05) is 12.8 Å². The lowest BCUT2D eigenvalue weighted by molar-refractivity contribution is 0.326. The first-order chi connectivity index (χ1) is 7.50. The highest BCUT2D eigenvalue weighted by molar-refractivity contribution is 5.10. The van der Waals surface area contributed by atoms with Crippen LogP contribution in [0.1, 0.15) is 32.2 Å². The number of hydrogen-bond donors (Lipinski definition) is 2. The van der Waals surface area contributed by atoms with Crippen molar-refractivity contribution in [3.63, 3.8) is 0 Å². The molecule has 0 aromatic carbocycles. The van der Waals surface area contributed by atoms with Crippen LogP contribution in [0.15, 0.2) is 9.59 Å².